The molecule has 0 atom stereocenters. The van der Waals surface area contributed by atoms with Crippen LogP contribution in [0.5, 0.6) is 0 Å². The topological polar surface area (TPSA) is 3.24 Å². The van der Waals surface area contributed by atoms with Crippen molar-refractivity contribution >= 4 is 17.2 Å². The Morgan fingerprint density at radius 2 is 1.91 bits per heavy atom. The van der Waals surface area contributed by atoms with Crippen molar-refractivity contribution in [2.24, 2.45) is 5.41 Å². The van der Waals surface area contributed by atoms with Gasteiger partial charge in [0.25, 0.3) is 0 Å². The highest BCUT2D eigenvalue weighted by molar-refractivity contribution is 6.30. The highest BCUT2D eigenvalue weighted by Gasteiger charge is 2.28. The van der Waals surface area contributed by atoms with Crippen LogP contribution >= 0.6 is 11.6 Å². The highest BCUT2D eigenvalue weighted by Crippen LogP contribution is 2.42. The monoisotopic (exact) mass is 315 g/mol. The quantitative estimate of drug-likeness (QED) is 0.659. The molecule has 0 spiro atoms. The van der Waals surface area contributed by atoms with Crippen molar-refractivity contribution in [1.82, 2.24) is 4.90 Å². The molecule has 2 heteroatoms. The van der Waals surface area contributed by atoms with Gasteiger partial charge in [-0.1, -0.05) is 55.3 Å². The van der Waals surface area contributed by atoms with Gasteiger partial charge in [0, 0.05) is 24.7 Å². The van der Waals surface area contributed by atoms with Crippen molar-refractivity contribution in [3.8, 4) is 0 Å². The summed E-state index contributed by atoms with van der Waals surface area (Å²) in [7, 11) is 0. The molecular weight excluding hydrogens is 290 g/mol. The Morgan fingerprint density at radius 3 is 2.59 bits per heavy atom. The van der Waals surface area contributed by atoms with Gasteiger partial charge in [0.2, 0.25) is 0 Å². The number of hydrogen-bond donors (Lipinski definition) is 0. The molecule has 22 heavy (non-hydrogen) atoms. The maximum atomic E-state index is 6.06. The zero-order chi connectivity index (χ0) is 15.6. The Labute approximate surface area is 139 Å². The standard InChI is InChI=1S/C20H26ClN/c1-20(2)11-10-19(16-6-8-18(21)9-7-16)17(14-20)15-22-12-4-3-5-13-22/h3-4,6-9H,5,10-15H2,1-2H3. The van der Waals surface area contributed by atoms with E-state index < -0.39 is 0 Å². The third kappa shape index (κ3) is 3.83. The van der Waals surface area contributed by atoms with Gasteiger partial charge in [-0.05, 0) is 54.4 Å². The Hall–Kier alpha value is -1.05. The Balaban J connectivity index is 1.89. The molecule has 0 fully saturated rings. The molecule has 0 aromatic heterocycles. The minimum absolute atomic E-state index is 0.427. The number of allylic oxidation sites excluding steroid dienone is 1. The van der Waals surface area contributed by atoms with Gasteiger partial charge in [-0.3, -0.25) is 4.90 Å². The third-order valence-corrected chi connectivity index (χ3v) is 5.17. The van der Waals surface area contributed by atoms with Crippen LogP contribution in [-0.2, 0) is 0 Å². The van der Waals surface area contributed by atoms with Crippen LogP contribution in [-0.4, -0.2) is 24.5 Å². The summed E-state index contributed by atoms with van der Waals surface area (Å²) in [6, 6.07) is 8.41. The highest BCUT2D eigenvalue weighted by atomic mass is 35.5. The van der Waals surface area contributed by atoms with Gasteiger partial charge in [-0.15, -0.1) is 0 Å². The zero-order valence-corrected chi connectivity index (χ0v) is 14.5. The van der Waals surface area contributed by atoms with Crippen LogP contribution in [0.4, 0.5) is 0 Å². The third-order valence-electron chi connectivity index (χ3n) is 4.92. The molecule has 1 nitrogen and oxygen atoms in total. The first-order chi connectivity index (χ1) is 10.5. The summed E-state index contributed by atoms with van der Waals surface area (Å²) in [5, 5.41) is 0.822. The van der Waals surface area contributed by atoms with Crippen molar-refractivity contribution < 1.29 is 0 Å². The van der Waals surface area contributed by atoms with Crippen LogP contribution in [0.15, 0.2) is 42.0 Å². The van der Waals surface area contributed by atoms with E-state index in [1.807, 2.05) is 12.1 Å². The molecule has 1 aliphatic carbocycles. The molecule has 2 aliphatic rings. The van der Waals surface area contributed by atoms with E-state index in [4.69, 9.17) is 11.6 Å². The summed E-state index contributed by atoms with van der Waals surface area (Å²) in [4.78, 5) is 2.58. The summed E-state index contributed by atoms with van der Waals surface area (Å²) in [5.41, 5.74) is 4.98. The van der Waals surface area contributed by atoms with E-state index in [1.165, 1.54) is 37.8 Å². The second kappa shape index (κ2) is 6.60. The average molecular weight is 316 g/mol. The molecule has 1 aromatic rings. The van der Waals surface area contributed by atoms with E-state index in [0.29, 0.717) is 5.41 Å². The van der Waals surface area contributed by atoms with Crippen LogP contribution < -0.4 is 0 Å². The minimum Gasteiger partial charge on any atom is -0.295 e. The smallest absolute Gasteiger partial charge is 0.0406 e. The van der Waals surface area contributed by atoms with Crippen molar-refractivity contribution in [3.63, 3.8) is 0 Å². The molecule has 1 aromatic carbocycles. The van der Waals surface area contributed by atoms with E-state index in [-0.39, 0.29) is 0 Å². The van der Waals surface area contributed by atoms with Crippen molar-refractivity contribution in [2.75, 3.05) is 19.6 Å². The van der Waals surface area contributed by atoms with Crippen LogP contribution in [0.3, 0.4) is 0 Å². The fraction of sp³-hybridized carbons (Fsp3) is 0.500. The van der Waals surface area contributed by atoms with Crippen LogP contribution in [0.1, 0.15) is 45.1 Å². The molecule has 0 saturated carbocycles. The predicted octanol–water partition coefficient (Wildman–Crippen LogP) is 5.57. The van der Waals surface area contributed by atoms with Gasteiger partial charge in [-0.25, -0.2) is 0 Å². The van der Waals surface area contributed by atoms with Gasteiger partial charge < -0.3 is 0 Å². The van der Waals surface area contributed by atoms with E-state index in [9.17, 15) is 0 Å². The molecule has 1 aliphatic heterocycles. The first kappa shape index (κ1) is 15.8. The van der Waals surface area contributed by atoms with Gasteiger partial charge in [0.1, 0.15) is 0 Å². The van der Waals surface area contributed by atoms with Crippen molar-refractivity contribution in [1.29, 1.82) is 0 Å². The largest absolute Gasteiger partial charge is 0.295 e. The molecule has 118 valence electrons. The molecule has 0 saturated heterocycles. The van der Waals surface area contributed by atoms with Crippen molar-refractivity contribution in [2.45, 2.75) is 39.5 Å². The zero-order valence-electron chi connectivity index (χ0n) is 13.7. The number of benzene rings is 1. The Kier molecular flexibility index (Phi) is 4.75. The summed E-state index contributed by atoms with van der Waals surface area (Å²) < 4.78 is 0. The summed E-state index contributed by atoms with van der Waals surface area (Å²) in [6.07, 6.45) is 9.47. The lowest BCUT2D eigenvalue weighted by molar-refractivity contribution is 0.281. The summed E-state index contributed by atoms with van der Waals surface area (Å²) in [5.74, 6) is 0. The maximum absolute atomic E-state index is 6.06. The van der Waals surface area contributed by atoms with E-state index in [2.05, 4.69) is 43.0 Å². The van der Waals surface area contributed by atoms with Gasteiger partial charge in [0.15, 0.2) is 0 Å². The number of nitrogens with zero attached hydrogens (tertiary/aromatic N) is 1. The first-order valence-electron chi connectivity index (χ1n) is 8.38. The molecule has 0 bridgehead atoms. The second-order valence-electron chi connectivity index (χ2n) is 7.43. The lowest BCUT2D eigenvalue weighted by Gasteiger charge is -2.36. The molecular formula is C20H26ClN. The molecule has 0 amide bonds. The summed E-state index contributed by atoms with van der Waals surface area (Å²) >= 11 is 6.06. The van der Waals surface area contributed by atoms with Crippen molar-refractivity contribution in [3.05, 3.63) is 52.6 Å². The van der Waals surface area contributed by atoms with Crippen LogP contribution in [0.2, 0.25) is 5.02 Å². The fourth-order valence-corrected chi connectivity index (χ4v) is 3.79. The average Bonchev–Trinajstić information content (AvgIpc) is 2.49. The SMILES string of the molecule is CC1(C)CCC(c2ccc(Cl)cc2)=C(CN2CC=CCC2)C1. The predicted molar refractivity (Wildman–Crippen MR) is 96.2 cm³/mol. The minimum atomic E-state index is 0.427. The second-order valence-corrected chi connectivity index (χ2v) is 7.86. The molecule has 0 N–H and O–H groups in total. The lowest BCUT2D eigenvalue weighted by atomic mass is 9.72. The number of rotatable bonds is 3. The van der Waals surface area contributed by atoms with Gasteiger partial charge >= 0.3 is 0 Å². The normalized spacial score (nSPS) is 22.1. The van der Waals surface area contributed by atoms with Crippen LogP contribution in [0, 0.1) is 5.41 Å². The lowest BCUT2D eigenvalue weighted by Crippen LogP contribution is -2.32. The number of hydrogen-bond acceptors (Lipinski definition) is 1. The molecule has 3 rings (SSSR count). The molecule has 0 unspecified atom stereocenters. The Bertz CT molecular complexity index is 580. The van der Waals surface area contributed by atoms with Gasteiger partial charge in [0.05, 0.1) is 0 Å². The molecule has 1 heterocycles. The molecule has 0 radical (unpaired) electrons. The maximum Gasteiger partial charge on any atom is 0.0406 e. The first-order valence-corrected chi connectivity index (χ1v) is 8.75. The number of halogens is 1. The van der Waals surface area contributed by atoms with E-state index >= 15 is 0 Å². The van der Waals surface area contributed by atoms with E-state index in [0.717, 1.165) is 18.1 Å². The fourth-order valence-electron chi connectivity index (χ4n) is 3.67. The van der Waals surface area contributed by atoms with E-state index in [1.54, 1.807) is 11.1 Å². The van der Waals surface area contributed by atoms with Gasteiger partial charge in [-0.2, -0.15) is 0 Å². The summed E-state index contributed by atoms with van der Waals surface area (Å²) in [6.45, 7) is 8.21. The van der Waals surface area contributed by atoms with Crippen LogP contribution in [0.25, 0.3) is 5.57 Å². The Morgan fingerprint density at radius 1 is 1.14 bits per heavy atom.